The number of aryl methyl sites for hydroxylation is 1. The van der Waals surface area contributed by atoms with Gasteiger partial charge in [0.25, 0.3) is 0 Å². The van der Waals surface area contributed by atoms with E-state index in [4.69, 9.17) is 16.8 Å². The van der Waals surface area contributed by atoms with E-state index in [1.54, 1.807) is 37.3 Å². The topological polar surface area (TPSA) is 80.0 Å². The lowest BCUT2D eigenvalue weighted by Gasteiger charge is -2.12. The smallest absolute Gasteiger partial charge is 0.193 e. The van der Waals surface area contributed by atoms with Crippen LogP contribution in [-0.2, 0) is 6.67 Å². The van der Waals surface area contributed by atoms with Crippen molar-refractivity contribution in [2.45, 2.75) is 13.6 Å². The number of hydrogen-bond acceptors (Lipinski definition) is 5. The summed E-state index contributed by atoms with van der Waals surface area (Å²) in [6.07, 6.45) is 0. The second-order valence-electron chi connectivity index (χ2n) is 5.22. The number of ketones is 1. The Morgan fingerprint density at radius 3 is 2.71 bits per heavy atom. The molecule has 1 aromatic heterocycles. The lowest BCUT2D eigenvalue weighted by Crippen LogP contribution is -2.16. The molecule has 0 saturated carbocycles. The van der Waals surface area contributed by atoms with E-state index in [1.807, 2.05) is 23.7 Å². The Kier molecular flexibility index (Phi) is 4.71. The van der Waals surface area contributed by atoms with E-state index < -0.39 is 0 Å². The molecule has 0 unspecified atom stereocenters. The first-order valence-electron chi connectivity index (χ1n) is 7.28. The normalized spacial score (nSPS) is 10.8. The van der Waals surface area contributed by atoms with Gasteiger partial charge in [-0.3, -0.25) is 4.79 Å². The number of carbonyl (C=O) groups excluding carboxylic acids is 1. The number of hydrogen-bond donors (Lipinski definition) is 2. The highest BCUT2D eigenvalue weighted by Gasteiger charge is 2.20. The summed E-state index contributed by atoms with van der Waals surface area (Å²) in [7, 11) is 0. The third kappa shape index (κ3) is 3.07. The van der Waals surface area contributed by atoms with Crippen molar-refractivity contribution < 1.29 is 10.0 Å². The van der Waals surface area contributed by atoms with Gasteiger partial charge in [0, 0.05) is 21.7 Å². The fraction of sp³-hybridized carbons (Fsp3) is 0.118. The molecule has 0 aliphatic carbocycles. The van der Waals surface area contributed by atoms with Gasteiger partial charge in [-0.25, -0.2) is 4.68 Å². The second kappa shape index (κ2) is 6.92. The number of rotatable bonds is 5. The molecular formula is C17H15ClN4O2. The van der Waals surface area contributed by atoms with Crippen molar-refractivity contribution in [3.63, 3.8) is 0 Å². The summed E-state index contributed by atoms with van der Waals surface area (Å²) in [4.78, 5) is 12.9. The van der Waals surface area contributed by atoms with E-state index in [2.05, 4.69) is 10.3 Å². The molecule has 122 valence electrons. The summed E-state index contributed by atoms with van der Waals surface area (Å²) < 4.78 is 1.49. The third-order valence-corrected chi connectivity index (χ3v) is 3.88. The number of nitrogens with zero attached hydrogens (tertiary/aromatic N) is 3. The molecule has 3 rings (SSSR count). The van der Waals surface area contributed by atoms with Gasteiger partial charge in [0.2, 0.25) is 0 Å². The van der Waals surface area contributed by atoms with Crippen LogP contribution in [0, 0.1) is 6.92 Å². The molecule has 2 N–H and O–H groups in total. The monoisotopic (exact) mass is 342 g/mol. The van der Waals surface area contributed by atoms with Crippen molar-refractivity contribution >= 4 is 17.4 Å². The minimum Gasteiger partial charge on any atom is -0.315 e. The zero-order valence-corrected chi connectivity index (χ0v) is 13.7. The van der Waals surface area contributed by atoms with Crippen LogP contribution in [0.25, 0.3) is 11.3 Å². The predicted molar refractivity (Wildman–Crippen MR) is 90.0 cm³/mol. The van der Waals surface area contributed by atoms with Crippen LogP contribution >= 0.6 is 11.6 Å². The highest BCUT2D eigenvalue weighted by atomic mass is 35.5. The van der Waals surface area contributed by atoms with Gasteiger partial charge in [0.1, 0.15) is 6.67 Å². The van der Waals surface area contributed by atoms with Crippen LogP contribution in [-0.4, -0.2) is 26.0 Å². The average molecular weight is 343 g/mol. The highest BCUT2D eigenvalue weighted by Crippen LogP contribution is 2.29. The number of hydroxylamine groups is 1. The van der Waals surface area contributed by atoms with Crippen molar-refractivity contribution in [3.05, 3.63) is 70.4 Å². The molecular weight excluding hydrogens is 328 g/mol. The quantitative estimate of drug-likeness (QED) is 0.550. The molecule has 0 aliphatic rings. The maximum Gasteiger partial charge on any atom is 0.193 e. The fourth-order valence-electron chi connectivity index (χ4n) is 2.57. The largest absolute Gasteiger partial charge is 0.315 e. The number of aromatic nitrogens is 3. The maximum absolute atomic E-state index is 12.9. The van der Waals surface area contributed by atoms with Gasteiger partial charge in [-0.1, -0.05) is 53.2 Å². The summed E-state index contributed by atoms with van der Waals surface area (Å²) >= 11 is 6.11. The summed E-state index contributed by atoms with van der Waals surface area (Å²) in [6, 6.07) is 14.1. The molecule has 0 radical (unpaired) electrons. The Morgan fingerprint density at radius 1 is 1.25 bits per heavy atom. The molecule has 0 atom stereocenters. The third-order valence-electron chi connectivity index (χ3n) is 3.64. The SMILES string of the molecule is Cc1nnn(CNO)c1-c1ccc(Cl)cc1C(=O)c1ccccc1. The van der Waals surface area contributed by atoms with E-state index in [0.29, 0.717) is 33.1 Å². The Balaban J connectivity index is 2.17. The zero-order chi connectivity index (χ0) is 17.1. The van der Waals surface area contributed by atoms with Gasteiger partial charge in [0.15, 0.2) is 5.78 Å². The molecule has 7 heteroatoms. The second-order valence-corrected chi connectivity index (χ2v) is 5.66. The van der Waals surface area contributed by atoms with Crippen LogP contribution in [0.5, 0.6) is 0 Å². The Labute approximate surface area is 143 Å². The van der Waals surface area contributed by atoms with Gasteiger partial charge in [-0.15, -0.1) is 5.10 Å². The fourth-order valence-corrected chi connectivity index (χ4v) is 2.74. The minimum atomic E-state index is -0.141. The van der Waals surface area contributed by atoms with E-state index in [1.165, 1.54) is 4.68 Å². The summed E-state index contributed by atoms with van der Waals surface area (Å²) in [5.41, 5.74) is 5.03. The highest BCUT2D eigenvalue weighted by molar-refractivity contribution is 6.31. The maximum atomic E-state index is 12.9. The molecule has 0 bridgehead atoms. The lowest BCUT2D eigenvalue weighted by molar-refractivity contribution is 0.103. The molecule has 2 aromatic carbocycles. The van der Waals surface area contributed by atoms with Gasteiger partial charge >= 0.3 is 0 Å². The molecule has 6 nitrogen and oxygen atoms in total. The number of benzene rings is 2. The van der Waals surface area contributed by atoms with Crippen molar-refractivity contribution in [1.82, 2.24) is 20.5 Å². The van der Waals surface area contributed by atoms with Crippen LogP contribution < -0.4 is 5.48 Å². The number of nitrogens with one attached hydrogen (secondary N) is 1. The van der Waals surface area contributed by atoms with Crippen molar-refractivity contribution in [2.24, 2.45) is 0 Å². The summed E-state index contributed by atoms with van der Waals surface area (Å²) in [6.45, 7) is 1.85. The number of halogens is 1. The Morgan fingerprint density at radius 2 is 2.00 bits per heavy atom. The first kappa shape index (κ1) is 16.3. The predicted octanol–water partition coefficient (Wildman–Crippen LogP) is 3.07. The van der Waals surface area contributed by atoms with Gasteiger partial charge in [0.05, 0.1) is 11.4 Å². The van der Waals surface area contributed by atoms with Crippen molar-refractivity contribution in [3.8, 4) is 11.3 Å². The van der Waals surface area contributed by atoms with Crippen LogP contribution in [0.15, 0.2) is 48.5 Å². The van der Waals surface area contributed by atoms with Gasteiger partial charge in [-0.2, -0.15) is 5.48 Å². The first-order valence-corrected chi connectivity index (χ1v) is 7.66. The Bertz CT molecular complexity index is 878. The molecule has 3 aromatic rings. The molecule has 1 heterocycles. The van der Waals surface area contributed by atoms with E-state index in [9.17, 15) is 4.79 Å². The molecule has 0 fully saturated rings. The van der Waals surface area contributed by atoms with Crippen LogP contribution in [0.2, 0.25) is 5.02 Å². The van der Waals surface area contributed by atoms with Crippen LogP contribution in [0.3, 0.4) is 0 Å². The van der Waals surface area contributed by atoms with Crippen molar-refractivity contribution in [2.75, 3.05) is 0 Å². The molecule has 24 heavy (non-hydrogen) atoms. The Hall–Kier alpha value is -2.54. The summed E-state index contributed by atoms with van der Waals surface area (Å²) in [5, 5.41) is 17.4. The average Bonchev–Trinajstić information content (AvgIpc) is 2.96. The van der Waals surface area contributed by atoms with E-state index >= 15 is 0 Å². The molecule has 0 amide bonds. The standard InChI is InChI=1S/C17H15ClN4O2/c1-11-16(22(10-19-24)21-20-11)14-8-7-13(18)9-15(14)17(23)12-5-3-2-4-6-12/h2-9,19,24H,10H2,1H3. The zero-order valence-electron chi connectivity index (χ0n) is 12.9. The van der Waals surface area contributed by atoms with Crippen LogP contribution in [0.4, 0.5) is 0 Å². The van der Waals surface area contributed by atoms with Crippen molar-refractivity contribution in [1.29, 1.82) is 0 Å². The van der Waals surface area contributed by atoms with E-state index in [0.717, 1.165) is 0 Å². The van der Waals surface area contributed by atoms with Gasteiger partial charge < -0.3 is 5.21 Å². The molecule has 0 spiro atoms. The lowest BCUT2D eigenvalue weighted by atomic mass is 9.96. The molecule has 0 aliphatic heterocycles. The summed E-state index contributed by atoms with van der Waals surface area (Å²) in [5.74, 6) is -0.141. The van der Waals surface area contributed by atoms with Gasteiger partial charge in [-0.05, 0) is 19.1 Å². The van der Waals surface area contributed by atoms with E-state index in [-0.39, 0.29) is 12.5 Å². The van der Waals surface area contributed by atoms with Crippen LogP contribution in [0.1, 0.15) is 21.6 Å². The number of carbonyl (C=O) groups is 1. The molecule has 0 saturated heterocycles. The minimum absolute atomic E-state index is 0.0533. The first-order chi connectivity index (χ1) is 11.6.